The first-order chi connectivity index (χ1) is 18.0. The number of rotatable bonds is 8. The van der Waals surface area contributed by atoms with Crippen LogP contribution in [0.1, 0.15) is 48.3 Å². The highest BCUT2D eigenvalue weighted by Crippen LogP contribution is 2.40. The Hall–Kier alpha value is -2.67. The molecular formula is C30H36ClN3O3. The Balaban J connectivity index is 1.30. The quantitative estimate of drug-likeness (QED) is 0.397. The number of halogens is 1. The monoisotopic (exact) mass is 521 g/mol. The zero-order valence-corrected chi connectivity index (χ0v) is 22.4. The van der Waals surface area contributed by atoms with Gasteiger partial charge in [0.25, 0.3) is 0 Å². The maximum Gasteiger partial charge on any atom is 0.309 e. The number of aryl methyl sites for hydroxylation is 1. The van der Waals surface area contributed by atoms with E-state index in [4.69, 9.17) is 21.1 Å². The third-order valence-corrected chi connectivity index (χ3v) is 8.18. The summed E-state index contributed by atoms with van der Waals surface area (Å²) in [7, 11) is 1.66. The molecule has 0 amide bonds. The van der Waals surface area contributed by atoms with Crippen molar-refractivity contribution in [3.8, 4) is 5.75 Å². The summed E-state index contributed by atoms with van der Waals surface area (Å²) < 4.78 is 11.6. The van der Waals surface area contributed by atoms with Crippen molar-refractivity contribution >= 4 is 28.5 Å². The van der Waals surface area contributed by atoms with Gasteiger partial charge in [0.2, 0.25) is 0 Å². The fourth-order valence-corrected chi connectivity index (χ4v) is 5.94. The Kier molecular flexibility index (Phi) is 8.28. The molecule has 37 heavy (non-hydrogen) atoms. The molecule has 196 valence electrons. The Morgan fingerprint density at radius 3 is 2.92 bits per heavy atom. The molecular weight excluding hydrogens is 486 g/mol. The molecule has 5 rings (SSSR count). The lowest BCUT2D eigenvalue weighted by Crippen LogP contribution is -2.56. The first kappa shape index (κ1) is 26.0. The molecule has 0 bridgehead atoms. The van der Waals surface area contributed by atoms with E-state index in [0.717, 1.165) is 67.4 Å². The van der Waals surface area contributed by atoms with Crippen molar-refractivity contribution in [2.24, 2.45) is 5.92 Å². The van der Waals surface area contributed by atoms with E-state index >= 15 is 0 Å². The summed E-state index contributed by atoms with van der Waals surface area (Å²) in [6.45, 7) is 4.69. The van der Waals surface area contributed by atoms with Gasteiger partial charge in [-0.25, -0.2) is 0 Å². The molecule has 4 unspecified atom stereocenters. The van der Waals surface area contributed by atoms with Gasteiger partial charge in [0.1, 0.15) is 11.9 Å². The highest BCUT2D eigenvalue weighted by molar-refractivity contribution is 6.32. The van der Waals surface area contributed by atoms with Crippen LogP contribution in [-0.4, -0.2) is 49.8 Å². The Morgan fingerprint density at radius 1 is 1.19 bits per heavy atom. The fourth-order valence-electron chi connectivity index (χ4n) is 5.69. The number of carbonyl (C=O) groups excluding carboxylic acids is 1. The molecule has 1 aliphatic carbocycles. The molecule has 3 aromatic rings. The molecule has 1 saturated carbocycles. The summed E-state index contributed by atoms with van der Waals surface area (Å²) in [6.07, 6.45) is 5.93. The molecule has 6 nitrogen and oxygen atoms in total. The van der Waals surface area contributed by atoms with E-state index in [1.54, 1.807) is 13.3 Å². The lowest BCUT2D eigenvalue weighted by molar-refractivity contribution is -0.162. The SMILES string of the molecule is COc1ccc2ncc(Cl)c(CCNC3C(OC(=O)C4CCCNCC4)CC3c3cccc(C)c3)c2c1. The highest BCUT2D eigenvalue weighted by Gasteiger charge is 2.44. The summed E-state index contributed by atoms with van der Waals surface area (Å²) >= 11 is 6.60. The molecule has 2 aliphatic rings. The van der Waals surface area contributed by atoms with Gasteiger partial charge in [-0.3, -0.25) is 9.78 Å². The van der Waals surface area contributed by atoms with Gasteiger partial charge in [-0.05, 0) is 88.0 Å². The molecule has 1 aliphatic heterocycles. The number of benzene rings is 2. The van der Waals surface area contributed by atoms with Gasteiger partial charge in [0, 0.05) is 17.5 Å². The number of aromatic nitrogens is 1. The second-order valence-electron chi connectivity index (χ2n) is 10.3. The second-order valence-corrected chi connectivity index (χ2v) is 10.7. The number of methoxy groups -OCH3 is 1. The van der Waals surface area contributed by atoms with Gasteiger partial charge in [-0.2, -0.15) is 0 Å². The van der Waals surface area contributed by atoms with E-state index < -0.39 is 0 Å². The Labute approximate surface area is 224 Å². The van der Waals surface area contributed by atoms with Gasteiger partial charge in [-0.15, -0.1) is 0 Å². The number of nitrogens with one attached hydrogen (secondary N) is 2. The minimum absolute atomic E-state index is 0.00867. The number of ether oxygens (including phenoxy) is 2. The van der Waals surface area contributed by atoms with Crippen molar-refractivity contribution in [1.29, 1.82) is 0 Å². The van der Waals surface area contributed by atoms with Crippen molar-refractivity contribution < 1.29 is 14.3 Å². The standard InChI is InChI=1S/C30H36ClN3O3/c1-19-5-3-6-21(15-19)24-17-28(37-30(35)20-7-4-12-32-13-10-20)29(24)33-14-11-23-25-16-22(36-2)8-9-27(25)34-18-26(23)31/h3,5-6,8-9,15-16,18,20,24,28-29,32-33H,4,7,10-14,17H2,1-2H3. The number of pyridine rings is 1. The molecule has 2 fully saturated rings. The van der Waals surface area contributed by atoms with Gasteiger partial charge < -0.3 is 20.1 Å². The van der Waals surface area contributed by atoms with Crippen LogP contribution in [-0.2, 0) is 16.0 Å². The van der Waals surface area contributed by atoms with Gasteiger partial charge in [-0.1, -0.05) is 41.4 Å². The summed E-state index contributed by atoms with van der Waals surface area (Å²) in [5, 5.41) is 8.76. The van der Waals surface area contributed by atoms with Gasteiger partial charge in [0.05, 0.1) is 29.6 Å². The van der Waals surface area contributed by atoms with Crippen LogP contribution in [0, 0.1) is 12.8 Å². The van der Waals surface area contributed by atoms with Crippen LogP contribution >= 0.6 is 11.6 Å². The molecule has 0 radical (unpaired) electrons. The van der Waals surface area contributed by atoms with E-state index in [2.05, 4.69) is 46.8 Å². The summed E-state index contributed by atoms with van der Waals surface area (Å²) in [6, 6.07) is 14.6. The zero-order chi connectivity index (χ0) is 25.8. The van der Waals surface area contributed by atoms with Crippen LogP contribution in [0.15, 0.2) is 48.7 Å². The van der Waals surface area contributed by atoms with E-state index in [1.165, 1.54) is 11.1 Å². The van der Waals surface area contributed by atoms with Crippen molar-refractivity contribution in [3.05, 3.63) is 70.4 Å². The topological polar surface area (TPSA) is 72.5 Å². The molecule has 1 aromatic heterocycles. The van der Waals surface area contributed by atoms with Crippen LogP contribution in [0.5, 0.6) is 5.75 Å². The van der Waals surface area contributed by atoms with Gasteiger partial charge >= 0.3 is 5.97 Å². The first-order valence-corrected chi connectivity index (χ1v) is 13.7. The average molecular weight is 522 g/mol. The molecule has 7 heteroatoms. The molecule has 2 heterocycles. The predicted molar refractivity (Wildman–Crippen MR) is 147 cm³/mol. The molecule has 2 N–H and O–H groups in total. The van der Waals surface area contributed by atoms with E-state index in [-0.39, 0.29) is 24.0 Å². The summed E-state index contributed by atoms with van der Waals surface area (Å²) in [5.41, 5.74) is 4.47. The maximum absolute atomic E-state index is 13.0. The second kappa shape index (κ2) is 11.8. The average Bonchev–Trinajstić information content (AvgIpc) is 3.19. The largest absolute Gasteiger partial charge is 0.497 e. The number of hydrogen-bond donors (Lipinski definition) is 2. The minimum Gasteiger partial charge on any atom is -0.497 e. The van der Waals surface area contributed by atoms with E-state index in [9.17, 15) is 4.79 Å². The van der Waals surface area contributed by atoms with Crippen LogP contribution in [0.3, 0.4) is 0 Å². The van der Waals surface area contributed by atoms with Crippen molar-refractivity contribution in [2.45, 2.75) is 57.1 Å². The lowest BCUT2D eigenvalue weighted by Gasteiger charge is -2.45. The Bertz CT molecular complexity index is 1240. The van der Waals surface area contributed by atoms with Crippen LogP contribution < -0.4 is 15.4 Å². The van der Waals surface area contributed by atoms with Crippen LogP contribution in [0.25, 0.3) is 10.9 Å². The van der Waals surface area contributed by atoms with E-state index in [0.29, 0.717) is 17.5 Å². The number of esters is 1. The molecule has 4 atom stereocenters. The summed E-state index contributed by atoms with van der Waals surface area (Å²) in [4.78, 5) is 17.5. The van der Waals surface area contributed by atoms with Crippen LogP contribution in [0.2, 0.25) is 5.02 Å². The molecule has 0 spiro atoms. The Morgan fingerprint density at radius 2 is 2.08 bits per heavy atom. The maximum atomic E-state index is 13.0. The number of hydrogen-bond acceptors (Lipinski definition) is 6. The number of carbonyl (C=O) groups is 1. The van der Waals surface area contributed by atoms with Crippen molar-refractivity contribution in [1.82, 2.24) is 15.6 Å². The van der Waals surface area contributed by atoms with Crippen molar-refractivity contribution in [2.75, 3.05) is 26.7 Å². The van der Waals surface area contributed by atoms with Crippen molar-refractivity contribution in [3.63, 3.8) is 0 Å². The highest BCUT2D eigenvalue weighted by atomic mass is 35.5. The normalized spacial score (nSPS) is 23.8. The lowest BCUT2D eigenvalue weighted by atomic mass is 9.72. The molecule has 1 saturated heterocycles. The first-order valence-electron chi connectivity index (χ1n) is 13.4. The van der Waals surface area contributed by atoms with E-state index in [1.807, 2.05) is 18.2 Å². The number of fused-ring (bicyclic) bond motifs is 1. The van der Waals surface area contributed by atoms with Crippen LogP contribution in [0.4, 0.5) is 0 Å². The predicted octanol–water partition coefficient (Wildman–Crippen LogP) is 5.19. The summed E-state index contributed by atoms with van der Waals surface area (Å²) in [5.74, 6) is 1.03. The minimum atomic E-state index is -0.126. The third-order valence-electron chi connectivity index (χ3n) is 7.86. The smallest absolute Gasteiger partial charge is 0.309 e. The van der Waals surface area contributed by atoms with Gasteiger partial charge in [0.15, 0.2) is 0 Å². The zero-order valence-electron chi connectivity index (χ0n) is 21.6. The fraction of sp³-hybridized carbons (Fsp3) is 0.467. The third kappa shape index (κ3) is 5.92. The number of nitrogens with zero attached hydrogens (tertiary/aromatic N) is 1. The molecule has 2 aromatic carbocycles.